The Morgan fingerprint density at radius 1 is 1.18 bits per heavy atom. The number of rotatable bonds is 3. The highest BCUT2D eigenvalue weighted by atomic mass is 35.5. The Morgan fingerprint density at radius 3 is 2.84 bits per heavy atom. The lowest BCUT2D eigenvalue weighted by Crippen LogP contribution is -2.49. The van der Waals surface area contributed by atoms with Crippen LogP contribution in [0.1, 0.15) is 36.4 Å². The molecule has 0 bridgehead atoms. The maximum Gasteiger partial charge on any atom is 0.318 e. The topological polar surface area (TPSA) is 137 Å². The second kappa shape index (κ2) is 12.9. The van der Waals surface area contributed by atoms with Gasteiger partial charge in [-0.05, 0) is 43.5 Å². The highest BCUT2D eigenvalue weighted by Gasteiger charge is 2.40. The summed E-state index contributed by atoms with van der Waals surface area (Å²) in [7, 11) is 1.36. The molecular formula is C34H31ClF3N9O2S. The first-order valence-electron chi connectivity index (χ1n) is 16.1. The van der Waals surface area contributed by atoms with E-state index in [2.05, 4.69) is 36.8 Å². The fourth-order valence-electron chi connectivity index (χ4n) is 7.50. The monoisotopic (exact) mass is 721 g/mol. The standard InChI is InChI=1S/C27H19ClF2N8O2S.C7H12FN/c1-39-27-34-20-17-22(18(28)16(19(20)29)11-4-2-6-14-15(11)13(10-31)24(32)41-14)40-9-8-38(26(17)35-27)21-12-5-3-7-33-25(12)37-36-23(21)30;8-6-4-7-2-1-3-9(7)5-6/h2-7,21,23,36H,8-9,32H2,1H3,(H,33,37);6-7H,1-5H2. The third-order valence-electron chi connectivity index (χ3n) is 9.66. The van der Waals surface area contributed by atoms with E-state index in [1.165, 1.54) is 31.3 Å². The minimum atomic E-state index is -1.59. The van der Waals surface area contributed by atoms with Gasteiger partial charge < -0.3 is 25.5 Å². The number of aromatic nitrogens is 3. The van der Waals surface area contributed by atoms with E-state index in [0.717, 1.165) is 13.0 Å². The zero-order valence-corrected chi connectivity index (χ0v) is 28.3. The lowest BCUT2D eigenvalue weighted by Gasteiger charge is -2.38. The number of alkyl halides is 2. The van der Waals surface area contributed by atoms with Crippen LogP contribution in [0.25, 0.3) is 32.1 Å². The number of benzene rings is 2. The van der Waals surface area contributed by atoms with Gasteiger partial charge in [-0.3, -0.25) is 4.90 Å². The van der Waals surface area contributed by atoms with E-state index in [9.17, 15) is 9.65 Å². The number of thiophene rings is 1. The second-order valence-corrected chi connectivity index (χ2v) is 13.9. The van der Waals surface area contributed by atoms with Crippen molar-refractivity contribution in [1.82, 2.24) is 25.3 Å². The number of anilines is 3. The first-order valence-corrected chi connectivity index (χ1v) is 17.3. The number of ether oxygens (including phenoxy) is 2. The molecule has 0 spiro atoms. The third-order valence-corrected chi connectivity index (χ3v) is 11.0. The number of hydrogen-bond acceptors (Lipinski definition) is 12. The number of hydrogen-bond donors (Lipinski definition) is 3. The van der Waals surface area contributed by atoms with Gasteiger partial charge in [-0.15, -0.1) is 11.3 Å². The summed E-state index contributed by atoms with van der Waals surface area (Å²) in [5, 5.41) is 10.8. The Kier molecular flexibility index (Phi) is 8.42. The normalized spacial score (nSPS) is 22.5. The van der Waals surface area contributed by atoms with Gasteiger partial charge in [0.1, 0.15) is 47.0 Å². The summed E-state index contributed by atoms with van der Waals surface area (Å²) in [5.41, 5.74) is 12.5. The Morgan fingerprint density at radius 2 is 2.04 bits per heavy atom. The summed E-state index contributed by atoms with van der Waals surface area (Å²) in [4.78, 5) is 17.1. The Balaban J connectivity index is 0.000000346. The zero-order valence-electron chi connectivity index (χ0n) is 26.7. The molecular weight excluding hydrogens is 691 g/mol. The van der Waals surface area contributed by atoms with Crippen molar-refractivity contribution in [3.05, 3.63) is 58.5 Å². The molecule has 50 heavy (non-hydrogen) atoms. The van der Waals surface area contributed by atoms with Gasteiger partial charge in [0.15, 0.2) is 17.9 Å². The molecule has 11 nitrogen and oxygen atoms in total. The molecule has 0 saturated carbocycles. The van der Waals surface area contributed by atoms with E-state index in [1.54, 1.807) is 41.4 Å². The van der Waals surface area contributed by atoms with E-state index in [4.69, 9.17) is 26.8 Å². The van der Waals surface area contributed by atoms with Gasteiger partial charge in [-0.1, -0.05) is 29.8 Å². The SMILES string of the molecule is COc1nc2c3c(c(Cl)c(-c4cccc5sc(N)c(C#N)c45)c(F)c3n1)OCCN2C1c2cccnc2NNC1F.FC1CC2CCCN2C1. The van der Waals surface area contributed by atoms with Crippen molar-refractivity contribution in [2.45, 2.75) is 43.8 Å². The number of fused-ring (bicyclic) bond motifs is 3. The fourth-order valence-corrected chi connectivity index (χ4v) is 8.78. The quantitative estimate of drug-likeness (QED) is 0.176. The van der Waals surface area contributed by atoms with Crippen LogP contribution >= 0.6 is 22.9 Å². The van der Waals surface area contributed by atoms with Crippen molar-refractivity contribution in [2.75, 3.05) is 49.4 Å². The van der Waals surface area contributed by atoms with Crippen LogP contribution in [0.2, 0.25) is 5.02 Å². The molecule has 2 aromatic carbocycles. The number of nitrogen functional groups attached to an aromatic ring is 1. The van der Waals surface area contributed by atoms with Crippen molar-refractivity contribution in [3.63, 3.8) is 0 Å². The van der Waals surface area contributed by atoms with Crippen LogP contribution in [-0.4, -0.2) is 71.7 Å². The molecule has 4 atom stereocenters. The molecule has 258 valence electrons. The van der Waals surface area contributed by atoms with Crippen molar-refractivity contribution < 1.29 is 22.6 Å². The predicted molar refractivity (Wildman–Crippen MR) is 187 cm³/mol. The minimum Gasteiger partial charge on any atom is -0.489 e. The highest BCUT2D eigenvalue weighted by Crippen LogP contribution is 2.51. The third kappa shape index (κ3) is 5.29. The number of pyridine rings is 1. The Labute approximate surface area is 293 Å². The molecule has 4 N–H and O–H groups in total. The number of methoxy groups -OCH3 is 1. The molecule has 3 aromatic heterocycles. The van der Waals surface area contributed by atoms with Crippen LogP contribution in [0, 0.1) is 17.1 Å². The lowest BCUT2D eigenvalue weighted by atomic mass is 9.96. The molecule has 2 saturated heterocycles. The Hall–Kier alpha value is -4.62. The number of nitrogens with one attached hydrogen (secondary N) is 2. The summed E-state index contributed by atoms with van der Waals surface area (Å²) in [6.45, 7) is 2.10. The summed E-state index contributed by atoms with van der Waals surface area (Å²) in [5.74, 6) is 0.00357. The van der Waals surface area contributed by atoms with Crippen molar-refractivity contribution in [2.24, 2.45) is 0 Å². The minimum absolute atomic E-state index is 0.00401. The fraction of sp³-hybridized carbons (Fsp3) is 0.353. The van der Waals surface area contributed by atoms with Crippen LogP contribution < -0.4 is 31.0 Å². The molecule has 7 heterocycles. The van der Waals surface area contributed by atoms with E-state index >= 15 is 8.78 Å². The molecule has 16 heteroatoms. The molecule has 0 amide bonds. The van der Waals surface area contributed by atoms with Gasteiger partial charge in [-0.2, -0.15) is 15.2 Å². The number of nitrogens with zero attached hydrogens (tertiary/aromatic N) is 6. The van der Waals surface area contributed by atoms with E-state index < -0.39 is 24.3 Å². The lowest BCUT2D eigenvalue weighted by molar-refractivity contribution is 0.221. The van der Waals surface area contributed by atoms with Gasteiger partial charge in [-0.25, -0.2) is 23.6 Å². The first kappa shape index (κ1) is 32.6. The summed E-state index contributed by atoms with van der Waals surface area (Å²) in [6.07, 6.45) is 2.81. The molecule has 2 fully saturated rings. The van der Waals surface area contributed by atoms with Crippen molar-refractivity contribution >= 4 is 60.6 Å². The molecule has 4 aliphatic heterocycles. The largest absolute Gasteiger partial charge is 0.489 e. The average Bonchev–Trinajstić information content (AvgIpc) is 3.76. The number of halogens is 4. The van der Waals surface area contributed by atoms with Crippen LogP contribution in [0.4, 0.5) is 29.8 Å². The second-order valence-electron chi connectivity index (χ2n) is 12.4. The molecule has 0 aliphatic carbocycles. The van der Waals surface area contributed by atoms with E-state index in [1.807, 2.05) is 0 Å². The average molecular weight is 722 g/mol. The summed E-state index contributed by atoms with van der Waals surface area (Å²) < 4.78 is 57.1. The number of nitriles is 1. The van der Waals surface area contributed by atoms with Gasteiger partial charge in [0.2, 0.25) is 0 Å². The summed E-state index contributed by atoms with van der Waals surface area (Å²) >= 11 is 8.16. The molecule has 9 rings (SSSR count). The zero-order chi connectivity index (χ0) is 34.7. The molecule has 0 radical (unpaired) electrons. The molecule has 4 unspecified atom stereocenters. The van der Waals surface area contributed by atoms with Crippen LogP contribution in [-0.2, 0) is 0 Å². The van der Waals surface area contributed by atoms with Crippen LogP contribution in [0.15, 0.2) is 36.5 Å². The van der Waals surface area contributed by atoms with Crippen LogP contribution in [0.3, 0.4) is 0 Å². The number of nitrogens with two attached hydrogens (primary N) is 1. The first-order chi connectivity index (χ1) is 24.3. The smallest absolute Gasteiger partial charge is 0.318 e. The Bertz CT molecular complexity index is 2170. The van der Waals surface area contributed by atoms with Gasteiger partial charge in [0.05, 0.1) is 29.6 Å². The van der Waals surface area contributed by atoms with Gasteiger partial charge >= 0.3 is 6.01 Å². The van der Waals surface area contributed by atoms with Crippen LogP contribution in [0.5, 0.6) is 11.8 Å². The number of hydrazine groups is 1. The summed E-state index contributed by atoms with van der Waals surface area (Å²) in [6, 6.07) is 10.4. The van der Waals surface area contributed by atoms with E-state index in [0.29, 0.717) is 44.6 Å². The maximum atomic E-state index is 16.7. The van der Waals surface area contributed by atoms with Crippen molar-refractivity contribution in [3.8, 4) is 29.0 Å². The highest BCUT2D eigenvalue weighted by molar-refractivity contribution is 7.23. The predicted octanol–water partition coefficient (Wildman–Crippen LogP) is 6.52. The maximum absolute atomic E-state index is 16.7. The molecule has 4 aliphatic rings. The van der Waals surface area contributed by atoms with Gasteiger partial charge in [0.25, 0.3) is 0 Å². The molecule has 5 aromatic rings. The van der Waals surface area contributed by atoms with E-state index in [-0.39, 0.29) is 57.8 Å². The van der Waals surface area contributed by atoms with Gasteiger partial charge in [0, 0.05) is 40.0 Å². The van der Waals surface area contributed by atoms with Crippen molar-refractivity contribution in [1.29, 1.82) is 5.26 Å².